The van der Waals surface area contributed by atoms with Gasteiger partial charge in [0.2, 0.25) is 0 Å². The number of hydrogen-bond donors (Lipinski definition) is 1. The van der Waals surface area contributed by atoms with Gasteiger partial charge in [0.1, 0.15) is 23.1 Å². The average Bonchev–Trinajstić information content (AvgIpc) is 3.37. The molecule has 4 aromatic rings. The van der Waals surface area contributed by atoms with E-state index in [1.165, 1.54) is 36.8 Å². The second kappa shape index (κ2) is 7.36. The number of benzene rings is 3. The van der Waals surface area contributed by atoms with Crippen molar-refractivity contribution in [2.45, 2.75) is 18.1 Å². The molecule has 1 aromatic heterocycles. The Balaban J connectivity index is 1.59. The fraction of sp³-hybridized carbons (Fsp3) is 0.120. The van der Waals surface area contributed by atoms with Gasteiger partial charge >= 0.3 is 0 Å². The Morgan fingerprint density at radius 3 is 2.50 bits per heavy atom. The van der Waals surface area contributed by atoms with Crippen molar-refractivity contribution in [2.75, 3.05) is 0 Å². The summed E-state index contributed by atoms with van der Waals surface area (Å²) in [5, 5.41) is 20.7. The summed E-state index contributed by atoms with van der Waals surface area (Å²) < 4.78 is 43.9. The molecular formula is C25H16F3N3O. The van der Waals surface area contributed by atoms with Crippen LogP contribution in [0, 0.1) is 28.8 Å². The van der Waals surface area contributed by atoms with Crippen molar-refractivity contribution in [1.82, 2.24) is 9.55 Å². The van der Waals surface area contributed by atoms with Crippen LogP contribution in [0.2, 0.25) is 0 Å². The highest BCUT2D eigenvalue weighted by molar-refractivity contribution is 5.65. The van der Waals surface area contributed by atoms with E-state index in [4.69, 9.17) is 5.26 Å². The van der Waals surface area contributed by atoms with Crippen molar-refractivity contribution < 1.29 is 18.3 Å². The van der Waals surface area contributed by atoms with Crippen LogP contribution < -0.4 is 0 Å². The molecule has 32 heavy (non-hydrogen) atoms. The number of aliphatic hydroxyl groups is 1. The first-order chi connectivity index (χ1) is 15.4. The normalized spacial score (nSPS) is 19.5. The number of aromatic nitrogens is 2. The van der Waals surface area contributed by atoms with Gasteiger partial charge in [0.25, 0.3) is 0 Å². The van der Waals surface area contributed by atoms with Gasteiger partial charge in [0.15, 0.2) is 0 Å². The predicted molar refractivity (Wildman–Crippen MR) is 111 cm³/mol. The van der Waals surface area contributed by atoms with Crippen LogP contribution >= 0.6 is 0 Å². The number of halogens is 3. The summed E-state index contributed by atoms with van der Waals surface area (Å²) in [6, 6.07) is 15.6. The van der Waals surface area contributed by atoms with E-state index in [1.54, 1.807) is 34.9 Å². The van der Waals surface area contributed by atoms with Gasteiger partial charge < -0.3 is 9.67 Å². The van der Waals surface area contributed by atoms with Gasteiger partial charge in [-0.05, 0) is 47.0 Å². The lowest BCUT2D eigenvalue weighted by atomic mass is 9.85. The molecule has 0 aliphatic carbocycles. The molecule has 0 spiro atoms. The summed E-state index contributed by atoms with van der Waals surface area (Å²) in [5.41, 5.74) is 0.904. The van der Waals surface area contributed by atoms with Crippen molar-refractivity contribution in [3.05, 3.63) is 113 Å². The van der Waals surface area contributed by atoms with Gasteiger partial charge in [-0.2, -0.15) is 5.26 Å². The van der Waals surface area contributed by atoms with E-state index in [2.05, 4.69) is 4.98 Å². The average molecular weight is 431 g/mol. The fourth-order valence-corrected chi connectivity index (χ4v) is 4.43. The zero-order valence-corrected chi connectivity index (χ0v) is 16.6. The van der Waals surface area contributed by atoms with E-state index >= 15 is 0 Å². The first kappa shape index (κ1) is 20.0. The van der Waals surface area contributed by atoms with Crippen LogP contribution in [0.15, 0.2) is 73.2 Å². The number of nitrogens with zero attached hydrogens (tertiary/aromatic N) is 3. The molecule has 158 valence electrons. The second-order valence-corrected chi connectivity index (χ2v) is 7.85. The highest BCUT2D eigenvalue weighted by Gasteiger charge is 2.45. The van der Waals surface area contributed by atoms with Crippen molar-refractivity contribution >= 4 is 0 Å². The Morgan fingerprint density at radius 1 is 1.00 bits per heavy atom. The molecule has 4 nitrogen and oxygen atoms in total. The Kier molecular flexibility index (Phi) is 4.61. The number of nitriles is 1. The van der Waals surface area contributed by atoms with Gasteiger partial charge in [0, 0.05) is 18.1 Å². The Morgan fingerprint density at radius 2 is 1.78 bits per heavy atom. The van der Waals surface area contributed by atoms with Crippen LogP contribution in [-0.4, -0.2) is 14.7 Å². The van der Waals surface area contributed by atoms with E-state index in [9.17, 15) is 18.3 Å². The van der Waals surface area contributed by atoms with Gasteiger partial charge in [0.05, 0.1) is 35.9 Å². The van der Waals surface area contributed by atoms with Crippen LogP contribution in [0.25, 0.3) is 11.1 Å². The molecule has 0 saturated carbocycles. The minimum Gasteiger partial charge on any atom is -0.379 e. The first-order valence-electron chi connectivity index (χ1n) is 9.90. The predicted octanol–water partition coefficient (Wildman–Crippen LogP) is 5.07. The van der Waals surface area contributed by atoms with Crippen LogP contribution in [0.3, 0.4) is 0 Å². The molecule has 0 amide bonds. The van der Waals surface area contributed by atoms with E-state index in [-0.39, 0.29) is 12.0 Å². The van der Waals surface area contributed by atoms with Crippen LogP contribution in [0.4, 0.5) is 13.2 Å². The Bertz CT molecular complexity index is 1370. The minimum atomic E-state index is -1.50. The molecular weight excluding hydrogens is 415 g/mol. The highest BCUT2D eigenvalue weighted by atomic mass is 19.1. The molecule has 1 N–H and O–H groups in total. The quantitative estimate of drug-likeness (QED) is 0.493. The molecule has 2 heterocycles. The molecule has 0 saturated heterocycles. The lowest BCUT2D eigenvalue weighted by Crippen LogP contribution is -2.24. The maximum atomic E-state index is 14.8. The molecule has 7 heteroatoms. The monoisotopic (exact) mass is 431 g/mol. The topological polar surface area (TPSA) is 61.8 Å². The maximum Gasteiger partial charge on any atom is 0.133 e. The lowest BCUT2D eigenvalue weighted by molar-refractivity contribution is 0.0793. The zero-order chi connectivity index (χ0) is 22.5. The summed E-state index contributed by atoms with van der Waals surface area (Å²) in [5.74, 6) is -1.93. The molecule has 0 bridgehead atoms. The second-order valence-electron chi connectivity index (χ2n) is 7.85. The van der Waals surface area contributed by atoms with Crippen LogP contribution in [0.1, 0.15) is 34.8 Å². The first-order valence-corrected chi connectivity index (χ1v) is 9.90. The van der Waals surface area contributed by atoms with Gasteiger partial charge in [-0.1, -0.05) is 24.3 Å². The van der Waals surface area contributed by atoms with E-state index in [0.29, 0.717) is 27.9 Å². The van der Waals surface area contributed by atoms with Gasteiger partial charge in [-0.15, -0.1) is 0 Å². The maximum absolute atomic E-state index is 14.8. The number of rotatable bonds is 3. The molecule has 1 aliphatic heterocycles. The van der Waals surface area contributed by atoms with Gasteiger partial charge in [-0.25, -0.2) is 18.2 Å². The van der Waals surface area contributed by atoms with Crippen molar-refractivity contribution in [3.8, 4) is 17.2 Å². The number of fused-ring (bicyclic) bond motifs is 1. The van der Waals surface area contributed by atoms with Crippen molar-refractivity contribution in [3.63, 3.8) is 0 Å². The highest BCUT2D eigenvalue weighted by Crippen LogP contribution is 2.47. The number of hydrogen-bond acceptors (Lipinski definition) is 3. The molecule has 2 unspecified atom stereocenters. The summed E-state index contributed by atoms with van der Waals surface area (Å²) >= 11 is 0. The summed E-state index contributed by atoms with van der Waals surface area (Å²) in [4.78, 5) is 4.14. The van der Waals surface area contributed by atoms with E-state index in [1.807, 2.05) is 6.07 Å². The van der Waals surface area contributed by atoms with E-state index < -0.39 is 29.1 Å². The minimum absolute atomic E-state index is 0.134. The summed E-state index contributed by atoms with van der Waals surface area (Å²) in [6.07, 6.45) is 3.19. The third-order valence-corrected chi connectivity index (χ3v) is 5.94. The number of imidazole rings is 1. The zero-order valence-electron chi connectivity index (χ0n) is 16.6. The summed E-state index contributed by atoms with van der Waals surface area (Å²) in [6.45, 7) is 0. The molecule has 5 rings (SSSR count). The third kappa shape index (κ3) is 3.17. The molecule has 2 atom stereocenters. The van der Waals surface area contributed by atoms with Crippen LogP contribution in [0.5, 0.6) is 0 Å². The van der Waals surface area contributed by atoms with Gasteiger partial charge in [-0.3, -0.25) is 0 Å². The van der Waals surface area contributed by atoms with Crippen molar-refractivity contribution in [1.29, 1.82) is 5.26 Å². The SMILES string of the molecule is N#Cc1ccc(C2CC(O)(c3cccc(-c4cc(F)cc(F)c4)c3)c3cncn32)c(F)c1. The molecule has 3 aromatic carbocycles. The van der Waals surface area contributed by atoms with E-state index in [0.717, 1.165) is 6.07 Å². The summed E-state index contributed by atoms with van der Waals surface area (Å²) in [7, 11) is 0. The fourth-order valence-electron chi connectivity index (χ4n) is 4.43. The lowest BCUT2D eigenvalue weighted by Gasteiger charge is -2.24. The standard InChI is InChI=1S/C25H16F3N3O/c26-19-8-17(9-20(27)10-19)16-2-1-3-18(7-16)25(32)11-23(31-14-30-13-24(25)31)21-5-4-15(12-29)6-22(21)28/h1-10,13-14,23,32H,11H2. The Labute approximate surface area is 181 Å². The molecule has 0 radical (unpaired) electrons. The largest absolute Gasteiger partial charge is 0.379 e. The third-order valence-electron chi connectivity index (χ3n) is 5.94. The molecule has 0 fully saturated rings. The smallest absolute Gasteiger partial charge is 0.133 e. The Hall–Kier alpha value is -3.89. The van der Waals surface area contributed by atoms with Crippen LogP contribution in [-0.2, 0) is 5.60 Å². The molecule has 1 aliphatic rings. The van der Waals surface area contributed by atoms with Crippen molar-refractivity contribution in [2.24, 2.45) is 0 Å².